The number of nitrogens with zero attached hydrogens (tertiary/aromatic N) is 3. The lowest BCUT2D eigenvalue weighted by Gasteiger charge is -2.12. The van der Waals surface area contributed by atoms with Crippen LogP contribution in [0.1, 0.15) is 22.8 Å². The molecule has 0 unspecified atom stereocenters. The largest absolute Gasteiger partial charge is 0.462 e. The Hall–Kier alpha value is -3.74. The van der Waals surface area contributed by atoms with E-state index >= 15 is 0 Å². The lowest BCUT2D eigenvalue weighted by Crippen LogP contribution is -2.42. The number of carbonyl (C=O) groups excluding carboxylic acids is 1. The van der Waals surface area contributed by atoms with Crippen molar-refractivity contribution >= 4 is 28.5 Å². The van der Waals surface area contributed by atoms with E-state index in [1.165, 1.54) is 10.5 Å². The zero-order valence-corrected chi connectivity index (χ0v) is 15.3. The maximum absolute atomic E-state index is 13.1. The van der Waals surface area contributed by atoms with Crippen LogP contribution in [0.3, 0.4) is 0 Å². The van der Waals surface area contributed by atoms with Gasteiger partial charge in [0.2, 0.25) is 11.5 Å². The first kappa shape index (κ1) is 17.7. The molecule has 0 aliphatic carbocycles. The van der Waals surface area contributed by atoms with Crippen molar-refractivity contribution in [3.63, 3.8) is 0 Å². The van der Waals surface area contributed by atoms with Crippen molar-refractivity contribution in [2.24, 2.45) is 0 Å². The zero-order valence-electron chi connectivity index (χ0n) is 15.3. The minimum atomic E-state index is -0.568. The summed E-state index contributed by atoms with van der Waals surface area (Å²) in [6.07, 6.45) is 1.64. The zero-order chi connectivity index (χ0) is 19.7. The predicted molar refractivity (Wildman–Crippen MR) is 105 cm³/mol. The number of nitrogen functional groups attached to an aromatic ring is 1. The highest BCUT2D eigenvalue weighted by Crippen LogP contribution is 2.16. The van der Waals surface area contributed by atoms with Crippen LogP contribution in [0, 0.1) is 0 Å². The van der Waals surface area contributed by atoms with Gasteiger partial charge in [-0.3, -0.25) is 9.20 Å². The summed E-state index contributed by atoms with van der Waals surface area (Å²) in [5.41, 5.74) is 8.11. The van der Waals surface area contributed by atoms with E-state index < -0.39 is 5.97 Å². The fourth-order valence-corrected chi connectivity index (χ4v) is 3.20. The summed E-state index contributed by atoms with van der Waals surface area (Å²) >= 11 is 0. The van der Waals surface area contributed by atoms with Crippen LogP contribution in [-0.2, 0) is 11.3 Å². The normalized spacial score (nSPS) is 11.0. The summed E-state index contributed by atoms with van der Waals surface area (Å²) in [7, 11) is 0. The van der Waals surface area contributed by atoms with Crippen molar-refractivity contribution < 1.29 is 14.1 Å². The van der Waals surface area contributed by atoms with E-state index in [2.05, 4.69) is 4.98 Å². The Kier molecular flexibility index (Phi) is 4.49. The number of hydrogen-bond donors (Lipinski definition) is 1. The van der Waals surface area contributed by atoms with E-state index in [9.17, 15) is 9.59 Å². The Bertz CT molecular complexity index is 1250. The van der Waals surface area contributed by atoms with E-state index in [1.54, 1.807) is 29.8 Å². The number of ether oxygens (including phenoxy) is 1. The molecule has 0 fully saturated rings. The van der Waals surface area contributed by atoms with Gasteiger partial charge in [0.15, 0.2) is 0 Å². The van der Waals surface area contributed by atoms with Gasteiger partial charge in [-0.2, -0.15) is 0 Å². The molecule has 7 heteroatoms. The van der Waals surface area contributed by atoms with Crippen LogP contribution in [0.4, 0.5) is 5.82 Å². The van der Waals surface area contributed by atoms with Crippen LogP contribution < -0.4 is 15.9 Å². The lowest BCUT2D eigenvalue weighted by atomic mass is 10.1. The molecule has 0 spiro atoms. The minimum Gasteiger partial charge on any atom is -0.462 e. The molecule has 0 amide bonds. The number of hydrogen-bond acceptors (Lipinski definition) is 5. The number of esters is 1. The molecule has 4 aromatic rings. The van der Waals surface area contributed by atoms with Crippen molar-refractivity contribution in [3.8, 4) is 0 Å². The molecule has 0 saturated heterocycles. The number of nitrogens with two attached hydrogens (primary N) is 1. The number of pyridine rings is 2. The number of aromatic nitrogens is 3. The fourth-order valence-electron chi connectivity index (χ4n) is 3.20. The Morgan fingerprint density at radius 2 is 1.93 bits per heavy atom. The van der Waals surface area contributed by atoms with E-state index in [-0.39, 0.29) is 23.5 Å². The van der Waals surface area contributed by atoms with Gasteiger partial charge in [0.1, 0.15) is 10.9 Å². The molecule has 4 rings (SSSR count). The van der Waals surface area contributed by atoms with Crippen molar-refractivity contribution in [1.82, 2.24) is 9.38 Å². The van der Waals surface area contributed by atoms with Crippen LogP contribution in [0.5, 0.6) is 0 Å². The molecule has 140 valence electrons. The second-order valence-electron chi connectivity index (χ2n) is 6.32. The number of anilines is 1. The third-order valence-corrected chi connectivity index (χ3v) is 4.54. The first-order valence-corrected chi connectivity index (χ1v) is 8.94. The molecule has 2 N–H and O–H groups in total. The van der Waals surface area contributed by atoms with Gasteiger partial charge in [0.25, 0.3) is 11.2 Å². The van der Waals surface area contributed by atoms with Gasteiger partial charge < -0.3 is 10.5 Å². The van der Waals surface area contributed by atoms with Gasteiger partial charge in [-0.15, -0.1) is 0 Å². The molecule has 3 aromatic heterocycles. The summed E-state index contributed by atoms with van der Waals surface area (Å²) in [5, 5.41) is 0.303. The van der Waals surface area contributed by atoms with Crippen molar-refractivity contribution in [2.45, 2.75) is 13.5 Å². The summed E-state index contributed by atoms with van der Waals surface area (Å²) in [4.78, 5) is 30.1. The van der Waals surface area contributed by atoms with Crippen LogP contribution in [0.15, 0.2) is 65.6 Å². The lowest BCUT2D eigenvalue weighted by molar-refractivity contribution is -0.649. The predicted octanol–water partition coefficient (Wildman–Crippen LogP) is 1.94. The highest BCUT2D eigenvalue weighted by molar-refractivity contribution is 5.96. The van der Waals surface area contributed by atoms with Gasteiger partial charge in [0.05, 0.1) is 13.2 Å². The number of rotatable bonds is 4. The topological polar surface area (TPSA) is 90.6 Å². The molecule has 7 nitrogen and oxygen atoms in total. The van der Waals surface area contributed by atoms with E-state index in [4.69, 9.17) is 10.5 Å². The Labute approximate surface area is 160 Å². The average Bonchev–Trinajstić information content (AvgIpc) is 2.71. The summed E-state index contributed by atoms with van der Waals surface area (Å²) in [5.74, 6) is -0.358. The minimum absolute atomic E-state index is 0.153. The first-order valence-electron chi connectivity index (χ1n) is 8.94. The smallest absolute Gasteiger partial charge is 0.344 e. The first-order chi connectivity index (χ1) is 13.6. The summed E-state index contributed by atoms with van der Waals surface area (Å²) in [6.45, 7) is 2.30. The molecular formula is C21H19N4O3+. The molecule has 0 radical (unpaired) electrons. The summed E-state index contributed by atoms with van der Waals surface area (Å²) in [6, 6.07) is 16.4. The van der Waals surface area contributed by atoms with E-state index in [0.717, 1.165) is 5.56 Å². The van der Waals surface area contributed by atoms with Crippen molar-refractivity contribution in [2.75, 3.05) is 12.3 Å². The second-order valence-corrected chi connectivity index (χ2v) is 6.32. The monoisotopic (exact) mass is 375 g/mol. The highest BCUT2D eigenvalue weighted by Gasteiger charge is 2.25. The standard InChI is InChI=1S/C21H18N4O3/c1-2-28-21(27)15-12-16-19(23-17-10-6-7-11-24(17)20(16)26)25(18(15)22)13-14-8-4-3-5-9-14/h3-12,22H,2,13H2,1H3/p+1. The van der Waals surface area contributed by atoms with Gasteiger partial charge in [-0.05, 0) is 30.7 Å². The fraction of sp³-hybridized carbons (Fsp3) is 0.143. The maximum Gasteiger partial charge on any atom is 0.344 e. The molecule has 0 aliphatic heterocycles. The Balaban J connectivity index is 2.06. The quantitative estimate of drug-likeness (QED) is 0.334. The van der Waals surface area contributed by atoms with Crippen LogP contribution in [-0.4, -0.2) is 22.0 Å². The molecule has 0 atom stereocenters. The van der Waals surface area contributed by atoms with Crippen LogP contribution in [0.25, 0.3) is 16.7 Å². The van der Waals surface area contributed by atoms with E-state index in [1.807, 2.05) is 36.4 Å². The molecule has 0 saturated carbocycles. The molecule has 0 bridgehead atoms. The maximum atomic E-state index is 13.1. The number of carbonyl (C=O) groups is 1. The van der Waals surface area contributed by atoms with E-state index in [0.29, 0.717) is 23.2 Å². The third-order valence-electron chi connectivity index (χ3n) is 4.54. The van der Waals surface area contributed by atoms with Crippen molar-refractivity contribution in [3.05, 3.63) is 82.3 Å². The second kappa shape index (κ2) is 7.11. The van der Waals surface area contributed by atoms with Crippen molar-refractivity contribution in [1.29, 1.82) is 0 Å². The molecule has 28 heavy (non-hydrogen) atoms. The molecular weight excluding hydrogens is 356 g/mol. The molecule has 0 aliphatic rings. The van der Waals surface area contributed by atoms with Gasteiger partial charge >= 0.3 is 5.97 Å². The van der Waals surface area contributed by atoms with Gasteiger partial charge in [-0.1, -0.05) is 41.4 Å². The molecule has 1 aromatic carbocycles. The Morgan fingerprint density at radius 3 is 2.68 bits per heavy atom. The average molecular weight is 375 g/mol. The van der Waals surface area contributed by atoms with Crippen LogP contribution in [0.2, 0.25) is 0 Å². The Morgan fingerprint density at radius 1 is 1.18 bits per heavy atom. The number of benzene rings is 1. The van der Waals surface area contributed by atoms with Gasteiger partial charge in [-0.25, -0.2) is 9.36 Å². The van der Waals surface area contributed by atoms with Crippen LogP contribution >= 0.6 is 0 Å². The summed E-state index contributed by atoms with van der Waals surface area (Å²) < 4.78 is 8.26. The highest BCUT2D eigenvalue weighted by atomic mass is 16.5. The number of fused-ring (bicyclic) bond motifs is 2. The third kappa shape index (κ3) is 2.96. The molecule has 3 heterocycles. The SMILES string of the molecule is CCOC(=O)c1cc2c(=O)n3ccccc3nc2[n+](Cc2ccccc2)c1N. The van der Waals surface area contributed by atoms with Gasteiger partial charge in [0, 0.05) is 6.20 Å².